The smallest absolute Gasteiger partial charge is 0.220 e. The molecule has 0 bridgehead atoms. The maximum atomic E-state index is 11.5. The minimum absolute atomic E-state index is 0.0000853. The second-order valence-electron chi connectivity index (χ2n) is 3.63. The third-order valence-electron chi connectivity index (χ3n) is 2.28. The molecule has 1 N–H and O–H groups in total. The number of rotatable bonds is 5. The SMILES string of the molecule is CC(NC(=O)CCCCl)c1ccc(Cl)cc1. The zero-order valence-corrected chi connectivity index (χ0v) is 10.7. The van der Waals surface area contributed by atoms with E-state index in [0.29, 0.717) is 23.7 Å². The highest BCUT2D eigenvalue weighted by molar-refractivity contribution is 6.30. The maximum absolute atomic E-state index is 11.5. The molecular formula is C12H15Cl2NO. The van der Waals surface area contributed by atoms with Crippen molar-refractivity contribution in [3.63, 3.8) is 0 Å². The second kappa shape index (κ2) is 6.77. The average molecular weight is 260 g/mol. The number of nitrogens with one attached hydrogen (secondary N) is 1. The molecular weight excluding hydrogens is 245 g/mol. The van der Waals surface area contributed by atoms with Gasteiger partial charge in [-0.25, -0.2) is 0 Å². The lowest BCUT2D eigenvalue weighted by atomic mass is 10.1. The summed E-state index contributed by atoms with van der Waals surface area (Å²) in [6, 6.07) is 7.46. The Labute approximate surface area is 106 Å². The molecule has 88 valence electrons. The molecule has 0 radical (unpaired) electrons. The third-order valence-corrected chi connectivity index (χ3v) is 2.80. The molecule has 0 saturated heterocycles. The fraction of sp³-hybridized carbons (Fsp3) is 0.417. The van der Waals surface area contributed by atoms with Crippen LogP contribution in [0.3, 0.4) is 0 Å². The fourth-order valence-corrected chi connectivity index (χ4v) is 1.64. The summed E-state index contributed by atoms with van der Waals surface area (Å²) >= 11 is 11.3. The van der Waals surface area contributed by atoms with Gasteiger partial charge >= 0.3 is 0 Å². The normalized spacial score (nSPS) is 12.2. The van der Waals surface area contributed by atoms with E-state index in [0.717, 1.165) is 5.56 Å². The first-order chi connectivity index (χ1) is 7.63. The van der Waals surface area contributed by atoms with Crippen molar-refractivity contribution in [3.05, 3.63) is 34.9 Å². The lowest BCUT2D eigenvalue weighted by Crippen LogP contribution is -2.26. The van der Waals surface area contributed by atoms with E-state index < -0.39 is 0 Å². The van der Waals surface area contributed by atoms with Crippen molar-refractivity contribution in [2.75, 3.05) is 5.88 Å². The zero-order chi connectivity index (χ0) is 12.0. The molecule has 2 nitrogen and oxygen atoms in total. The average Bonchev–Trinajstić information content (AvgIpc) is 2.27. The van der Waals surface area contributed by atoms with E-state index in [4.69, 9.17) is 23.2 Å². The molecule has 0 fully saturated rings. The third kappa shape index (κ3) is 4.42. The minimum atomic E-state index is 0.0000853. The highest BCUT2D eigenvalue weighted by Gasteiger charge is 2.08. The Hall–Kier alpha value is -0.730. The summed E-state index contributed by atoms with van der Waals surface area (Å²) in [5, 5.41) is 3.61. The van der Waals surface area contributed by atoms with Gasteiger partial charge in [0, 0.05) is 17.3 Å². The molecule has 0 aromatic heterocycles. The van der Waals surface area contributed by atoms with E-state index in [1.165, 1.54) is 0 Å². The van der Waals surface area contributed by atoms with Crippen LogP contribution in [0, 0.1) is 0 Å². The van der Waals surface area contributed by atoms with Crippen molar-refractivity contribution < 1.29 is 4.79 Å². The fourth-order valence-electron chi connectivity index (χ4n) is 1.38. The molecule has 1 atom stereocenters. The largest absolute Gasteiger partial charge is 0.350 e. The van der Waals surface area contributed by atoms with E-state index in [-0.39, 0.29) is 11.9 Å². The van der Waals surface area contributed by atoms with E-state index in [1.807, 2.05) is 31.2 Å². The predicted molar refractivity (Wildman–Crippen MR) is 68.0 cm³/mol. The molecule has 1 unspecified atom stereocenters. The van der Waals surface area contributed by atoms with Gasteiger partial charge in [-0.1, -0.05) is 23.7 Å². The zero-order valence-electron chi connectivity index (χ0n) is 9.17. The standard InChI is InChI=1S/C12H15Cl2NO/c1-9(15-12(16)3-2-8-13)10-4-6-11(14)7-5-10/h4-7,9H,2-3,8H2,1H3,(H,15,16). The molecule has 4 heteroatoms. The van der Waals surface area contributed by atoms with Gasteiger partial charge in [0.2, 0.25) is 5.91 Å². The van der Waals surface area contributed by atoms with Crippen LogP contribution >= 0.6 is 23.2 Å². The molecule has 0 saturated carbocycles. The van der Waals surface area contributed by atoms with Gasteiger partial charge in [-0.3, -0.25) is 4.79 Å². The van der Waals surface area contributed by atoms with Gasteiger partial charge in [-0.05, 0) is 31.0 Å². The lowest BCUT2D eigenvalue weighted by molar-refractivity contribution is -0.121. The first-order valence-electron chi connectivity index (χ1n) is 5.24. The van der Waals surface area contributed by atoms with Crippen molar-refractivity contribution >= 4 is 29.1 Å². The Morgan fingerprint density at radius 1 is 1.38 bits per heavy atom. The summed E-state index contributed by atoms with van der Waals surface area (Å²) in [5.74, 6) is 0.547. The molecule has 1 amide bonds. The van der Waals surface area contributed by atoms with Gasteiger partial charge in [-0.2, -0.15) is 0 Å². The van der Waals surface area contributed by atoms with Gasteiger partial charge in [-0.15, -0.1) is 11.6 Å². The van der Waals surface area contributed by atoms with Crippen molar-refractivity contribution in [2.45, 2.75) is 25.8 Å². The monoisotopic (exact) mass is 259 g/mol. The summed E-state index contributed by atoms with van der Waals surface area (Å²) in [7, 11) is 0. The number of carbonyl (C=O) groups is 1. The van der Waals surface area contributed by atoms with E-state index in [1.54, 1.807) is 0 Å². The van der Waals surface area contributed by atoms with Gasteiger partial charge < -0.3 is 5.32 Å². The second-order valence-corrected chi connectivity index (χ2v) is 4.45. The molecule has 1 rings (SSSR count). The highest BCUT2D eigenvalue weighted by Crippen LogP contribution is 2.16. The summed E-state index contributed by atoms with van der Waals surface area (Å²) in [5.41, 5.74) is 1.05. The number of hydrogen-bond donors (Lipinski definition) is 1. The molecule has 0 aliphatic carbocycles. The minimum Gasteiger partial charge on any atom is -0.350 e. The van der Waals surface area contributed by atoms with Crippen molar-refractivity contribution in [2.24, 2.45) is 0 Å². The van der Waals surface area contributed by atoms with Crippen molar-refractivity contribution in [1.82, 2.24) is 5.32 Å². The molecule has 0 heterocycles. The molecule has 0 aliphatic rings. The summed E-state index contributed by atoms with van der Waals surface area (Å²) in [4.78, 5) is 11.5. The van der Waals surface area contributed by atoms with E-state index in [2.05, 4.69) is 5.32 Å². The first-order valence-corrected chi connectivity index (χ1v) is 6.15. The number of carbonyl (C=O) groups excluding carboxylic acids is 1. The van der Waals surface area contributed by atoms with Gasteiger partial charge in [0.15, 0.2) is 0 Å². The molecule has 1 aromatic rings. The number of amides is 1. The van der Waals surface area contributed by atoms with Crippen molar-refractivity contribution in [3.8, 4) is 0 Å². The number of alkyl halides is 1. The van der Waals surface area contributed by atoms with Crippen LogP contribution in [0.1, 0.15) is 31.4 Å². The maximum Gasteiger partial charge on any atom is 0.220 e. The Kier molecular flexibility index (Phi) is 5.64. The van der Waals surface area contributed by atoms with E-state index in [9.17, 15) is 4.79 Å². The molecule has 0 spiro atoms. The van der Waals surface area contributed by atoms with Gasteiger partial charge in [0.1, 0.15) is 0 Å². The van der Waals surface area contributed by atoms with Crippen LogP contribution in [0.4, 0.5) is 0 Å². The topological polar surface area (TPSA) is 29.1 Å². The number of benzene rings is 1. The van der Waals surface area contributed by atoms with Crippen LogP contribution in [-0.2, 0) is 4.79 Å². The molecule has 16 heavy (non-hydrogen) atoms. The number of halogens is 2. The van der Waals surface area contributed by atoms with Crippen LogP contribution in [0.2, 0.25) is 5.02 Å². The Morgan fingerprint density at radius 2 is 2.00 bits per heavy atom. The Morgan fingerprint density at radius 3 is 2.56 bits per heavy atom. The van der Waals surface area contributed by atoms with Gasteiger partial charge in [0.05, 0.1) is 6.04 Å². The van der Waals surface area contributed by atoms with Crippen LogP contribution < -0.4 is 5.32 Å². The molecule has 0 aliphatic heterocycles. The Balaban J connectivity index is 2.48. The predicted octanol–water partition coefficient (Wildman–Crippen LogP) is 3.54. The van der Waals surface area contributed by atoms with Crippen LogP contribution in [0.5, 0.6) is 0 Å². The summed E-state index contributed by atoms with van der Waals surface area (Å²) in [6.45, 7) is 1.95. The van der Waals surface area contributed by atoms with Crippen molar-refractivity contribution in [1.29, 1.82) is 0 Å². The number of hydrogen-bond acceptors (Lipinski definition) is 1. The van der Waals surface area contributed by atoms with E-state index >= 15 is 0 Å². The quantitative estimate of drug-likeness (QED) is 0.806. The molecule has 1 aromatic carbocycles. The van der Waals surface area contributed by atoms with Gasteiger partial charge in [0.25, 0.3) is 0 Å². The first kappa shape index (κ1) is 13.3. The summed E-state index contributed by atoms with van der Waals surface area (Å²) in [6.07, 6.45) is 1.18. The van der Waals surface area contributed by atoms with Crippen LogP contribution in [0.25, 0.3) is 0 Å². The lowest BCUT2D eigenvalue weighted by Gasteiger charge is -2.14. The Bertz CT molecular complexity index is 337. The summed E-state index contributed by atoms with van der Waals surface area (Å²) < 4.78 is 0. The van der Waals surface area contributed by atoms with Crippen LogP contribution in [-0.4, -0.2) is 11.8 Å². The van der Waals surface area contributed by atoms with Crippen LogP contribution in [0.15, 0.2) is 24.3 Å². The highest BCUT2D eigenvalue weighted by atomic mass is 35.5.